The summed E-state index contributed by atoms with van der Waals surface area (Å²) in [4.78, 5) is 10.7. The van der Waals surface area contributed by atoms with E-state index >= 15 is 0 Å². The van der Waals surface area contributed by atoms with E-state index in [0.717, 1.165) is 5.56 Å². The highest BCUT2D eigenvalue weighted by Gasteiger charge is 2.30. The molecule has 0 spiro atoms. The molecule has 0 heterocycles. The lowest BCUT2D eigenvalue weighted by Crippen LogP contribution is -2.03. The highest BCUT2D eigenvalue weighted by Crippen LogP contribution is 2.36. The number of carboxylic acids is 1. The Hall–Kier alpha value is -1.91. The van der Waals surface area contributed by atoms with Crippen molar-refractivity contribution in [1.82, 2.24) is 0 Å². The molecule has 0 aliphatic heterocycles. The molecule has 0 bridgehead atoms. The first-order valence-corrected chi connectivity index (χ1v) is 4.84. The van der Waals surface area contributed by atoms with E-state index in [-0.39, 0.29) is 12.3 Å². The van der Waals surface area contributed by atoms with Gasteiger partial charge in [-0.1, -0.05) is 11.2 Å². The molecular weight excluding hydrogens is 213 g/mol. The molecule has 0 radical (unpaired) electrons. The highest BCUT2D eigenvalue weighted by molar-refractivity contribution is 6.05. The summed E-state index contributed by atoms with van der Waals surface area (Å²) in [6.07, 6.45) is 0.291. The average Bonchev–Trinajstić information content (AvgIpc) is 2.55. The molecule has 84 valence electrons. The minimum absolute atomic E-state index is 0.0440. The van der Waals surface area contributed by atoms with Crippen LogP contribution in [-0.2, 0) is 4.79 Å². The number of nitrogens with zero attached hydrogens (tertiary/aromatic N) is 1. The molecule has 1 aliphatic rings. The number of rotatable bonds is 2. The van der Waals surface area contributed by atoms with Crippen molar-refractivity contribution in [2.45, 2.75) is 18.8 Å². The van der Waals surface area contributed by atoms with Crippen LogP contribution in [0.4, 0.5) is 4.39 Å². The first-order valence-electron chi connectivity index (χ1n) is 4.84. The number of hydrogen-bond donors (Lipinski definition) is 2. The number of carboxylic acid groups (broad SMARTS) is 1. The summed E-state index contributed by atoms with van der Waals surface area (Å²) < 4.78 is 13.0. The first kappa shape index (κ1) is 10.6. The molecule has 1 aliphatic carbocycles. The zero-order valence-corrected chi connectivity index (χ0v) is 8.35. The normalized spacial score (nSPS) is 21.1. The molecule has 1 aromatic rings. The Bertz CT molecular complexity index is 470. The molecular formula is C11H10FNO3. The van der Waals surface area contributed by atoms with Crippen molar-refractivity contribution in [3.05, 3.63) is 35.1 Å². The Morgan fingerprint density at radius 2 is 2.31 bits per heavy atom. The molecule has 0 amide bonds. The number of fused-ring (bicyclic) bond motifs is 1. The topological polar surface area (TPSA) is 69.9 Å². The van der Waals surface area contributed by atoms with Gasteiger partial charge in [0.15, 0.2) is 0 Å². The van der Waals surface area contributed by atoms with Gasteiger partial charge < -0.3 is 10.3 Å². The van der Waals surface area contributed by atoms with Crippen LogP contribution in [0.1, 0.15) is 29.9 Å². The third kappa shape index (κ3) is 1.76. The number of aliphatic carboxylic acids is 1. The van der Waals surface area contributed by atoms with E-state index < -0.39 is 11.8 Å². The highest BCUT2D eigenvalue weighted by atomic mass is 19.1. The first-order chi connectivity index (χ1) is 7.61. The molecule has 0 fully saturated rings. The van der Waals surface area contributed by atoms with Crippen molar-refractivity contribution in [3.8, 4) is 0 Å². The summed E-state index contributed by atoms with van der Waals surface area (Å²) in [5.41, 5.74) is 1.59. The molecule has 4 nitrogen and oxygen atoms in total. The number of carbonyl (C=O) groups is 1. The van der Waals surface area contributed by atoms with Crippen LogP contribution in [0.2, 0.25) is 0 Å². The summed E-state index contributed by atoms with van der Waals surface area (Å²) in [6.45, 7) is 0. The summed E-state index contributed by atoms with van der Waals surface area (Å²) in [5.74, 6) is -1.57. The number of hydrogen-bond acceptors (Lipinski definition) is 3. The standard InChI is InChI=1S/C11H10FNO3/c12-7-1-2-8-6(4-11(14)15)3-10(13-16)9(8)5-7/h1-2,5-6,16H,3-4H2,(H,14,15)/b13-10-. The van der Waals surface area contributed by atoms with Gasteiger partial charge in [0.2, 0.25) is 0 Å². The van der Waals surface area contributed by atoms with Gasteiger partial charge in [0.25, 0.3) is 0 Å². The molecule has 0 saturated heterocycles. The van der Waals surface area contributed by atoms with Gasteiger partial charge in [0.05, 0.1) is 12.1 Å². The maximum atomic E-state index is 13.0. The Morgan fingerprint density at radius 1 is 1.56 bits per heavy atom. The monoisotopic (exact) mass is 223 g/mol. The second kappa shape index (κ2) is 3.92. The van der Waals surface area contributed by atoms with Crippen LogP contribution in [-0.4, -0.2) is 22.0 Å². The molecule has 1 unspecified atom stereocenters. The van der Waals surface area contributed by atoms with Crippen molar-refractivity contribution < 1.29 is 19.5 Å². The lowest BCUT2D eigenvalue weighted by molar-refractivity contribution is -0.137. The lowest BCUT2D eigenvalue weighted by atomic mass is 9.98. The smallest absolute Gasteiger partial charge is 0.303 e. The van der Waals surface area contributed by atoms with Gasteiger partial charge in [-0.3, -0.25) is 4.79 Å². The van der Waals surface area contributed by atoms with Crippen LogP contribution in [0.15, 0.2) is 23.4 Å². The largest absolute Gasteiger partial charge is 0.481 e. The van der Waals surface area contributed by atoms with Gasteiger partial charge in [0.1, 0.15) is 5.82 Å². The van der Waals surface area contributed by atoms with Gasteiger partial charge in [-0.05, 0) is 17.7 Å². The van der Waals surface area contributed by atoms with E-state index in [1.54, 1.807) is 6.07 Å². The molecule has 1 atom stereocenters. The Labute approximate surface area is 91.0 Å². The fraction of sp³-hybridized carbons (Fsp3) is 0.273. The number of halogens is 1. The lowest BCUT2D eigenvalue weighted by Gasteiger charge is -2.06. The van der Waals surface area contributed by atoms with Gasteiger partial charge in [-0.2, -0.15) is 0 Å². The predicted molar refractivity (Wildman–Crippen MR) is 54.3 cm³/mol. The summed E-state index contributed by atoms with van der Waals surface area (Å²) in [6, 6.07) is 4.11. The third-order valence-electron chi connectivity index (χ3n) is 2.75. The summed E-state index contributed by atoms with van der Waals surface area (Å²) in [5, 5.41) is 20.6. The SMILES string of the molecule is O=C(O)CC1C/C(=N/O)c2cc(F)ccc21. The molecule has 16 heavy (non-hydrogen) atoms. The van der Waals surface area contributed by atoms with Crippen LogP contribution in [0.5, 0.6) is 0 Å². The quantitative estimate of drug-likeness (QED) is 0.594. The predicted octanol–water partition coefficient (Wildman–Crippen LogP) is 1.97. The van der Waals surface area contributed by atoms with Crippen LogP contribution >= 0.6 is 0 Å². The van der Waals surface area contributed by atoms with Gasteiger partial charge in [0, 0.05) is 17.9 Å². The fourth-order valence-corrected chi connectivity index (χ4v) is 2.08. The molecule has 0 saturated carbocycles. The molecule has 0 aromatic heterocycles. The molecule has 1 aromatic carbocycles. The Morgan fingerprint density at radius 3 is 2.94 bits per heavy atom. The van der Waals surface area contributed by atoms with Gasteiger partial charge >= 0.3 is 5.97 Å². The van der Waals surface area contributed by atoms with E-state index in [1.165, 1.54) is 12.1 Å². The average molecular weight is 223 g/mol. The number of benzene rings is 1. The van der Waals surface area contributed by atoms with Crippen LogP contribution in [0.25, 0.3) is 0 Å². The Balaban J connectivity index is 2.42. The van der Waals surface area contributed by atoms with E-state index in [2.05, 4.69) is 5.16 Å². The molecule has 5 heteroatoms. The molecule has 2 N–H and O–H groups in total. The van der Waals surface area contributed by atoms with Crippen molar-refractivity contribution in [1.29, 1.82) is 0 Å². The molecule has 2 rings (SSSR count). The maximum absolute atomic E-state index is 13.0. The van der Waals surface area contributed by atoms with E-state index in [1.807, 2.05) is 0 Å². The van der Waals surface area contributed by atoms with E-state index in [4.69, 9.17) is 10.3 Å². The minimum Gasteiger partial charge on any atom is -0.481 e. The van der Waals surface area contributed by atoms with Crippen molar-refractivity contribution in [2.24, 2.45) is 5.16 Å². The zero-order chi connectivity index (χ0) is 11.7. The van der Waals surface area contributed by atoms with Crippen molar-refractivity contribution in [3.63, 3.8) is 0 Å². The van der Waals surface area contributed by atoms with Crippen molar-refractivity contribution >= 4 is 11.7 Å². The van der Waals surface area contributed by atoms with E-state index in [9.17, 15) is 9.18 Å². The van der Waals surface area contributed by atoms with Gasteiger partial charge in [-0.15, -0.1) is 0 Å². The zero-order valence-electron chi connectivity index (χ0n) is 8.35. The van der Waals surface area contributed by atoms with Crippen molar-refractivity contribution in [2.75, 3.05) is 0 Å². The second-order valence-electron chi connectivity index (χ2n) is 3.78. The summed E-state index contributed by atoms with van der Waals surface area (Å²) in [7, 11) is 0. The third-order valence-corrected chi connectivity index (χ3v) is 2.75. The summed E-state index contributed by atoms with van der Waals surface area (Å²) >= 11 is 0. The van der Waals surface area contributed by atoms with Gasteiger partial charge in [-0.25, -0.2) is 4.39 Å². The fourth-order valence-electron chi connectivity index (χ4n) is 2.08. The van der Waals surface area contributed by atoms with Crippen LogP contribution < -0.4 is 0 Å². The Kier molecular flexibility index (Phi) is 2.60. The van der Waals surface area contributed by atoms with E-state index in [0.29, 0.717) is 17.7 Å². The van der Waals surface area contributed by atoms with Crippen LogP contribution in [0, 0.1) is 5.82 Å². The minimum atomic E-state index is -0.917. The van der Waals surface area contributed by atoms with Crippen LogP contribution in [0.3, 0.4) is 0 Å². The second-order valence-corrected chi connectivity index (χ2v) is 3.78. The number of oxime groups is 1. The maximum Gasteiger partial charge on any atom is 0.303 e.